The van der Waals surface area contributed by atoms with Crippen LogP contribution in [0.4, 0.5) is 13.2 Å². The Bertz CT molecular complexity index is 1290. The zero-order chi connectivity index (χ0) is 25.6. The lowest BCUT2D eigenvalue weighted by Gasteiger charge is -2.16. The molecule has 0 bridgehead atoms. The number of nitrogens with zero attached hydrogens (tertiary/aromatic N) is 1. The number of halogens is 4. The Balaban J connectivity index is 1.87. The lowest BCUT2D eigenvalue weighted by Crippen LogP contribution is -2.26. The van der Waals surface area contributed by atoms with E-state index >= 15 is 0 Å². The highest BCUT2D eigenvalue weighted by Crippen LogP contribution is 2.29. The van der Waals surface area contributed by atoms with Gasteiger partial charge in [0.1, 0.15) is 10.6 Å². The molecule has 0 N–H and O–H groups in total. The summed E-state index contributed by atoms with van der Waals surface area (Å²) in [5, 5.41) is 3.05. The molecule has 6 nitrogen and oxygen atoms in total. The van der Waals surface area contributed by atoms with E-state index in [1.807, 2.05) is 22.6 Å². The highest BCUT2D eigenvalue weighted by molar-refractivity contribution is 14.1. The highest BCUT2D eigenvalue weighted by atomic mass is 127. The van der Waals surface area contributed by atoms with E-state index in [1.165, 1.54) is 36.4 Å². The smallest absolute Gasteiger partial charge is 0.437 e. The summed E-state index contributed by atoms with van der Waals surface area (Å²) >= 11 is 1.89. The third-order valence-corrected chi connectivity index (χ3v) is 6.98. The van der Waals surface area contributed by atoms with Crippen LogP contribution in [0.2, 0.25) is 0 Å². The van der Waals surface area contributed by atoms with E-state index in [1.54, 1.807) is 44.4 Å². The lowest BCUT2D eigenvalue weighted by molar-refractivity contribution is -0.0598. The van der Waals surface area contributed by atoms with Crippen LogP contribution in [0.3, 0.4) is 0 Å². The number of rotatable bonds is 9. The van der Waals surface area contributed by atoms with E-state index in [4.69, 9.17) is 9.47 Å². The predicted molar refractivity (Wildman–Crippen MR) is 133 cm³/mol. The molecule has 0 saturated carbocycles. The van der Waals surface area contributed by atoms with Crippen LogP contribution in [0.1, 0.15) is 22.3 Å². The number of methoxy groups -OCH3 is 1. The first-order valence-corrected chi connectivity index (χ1v) is 12.6. The van der Waals surface area contributed by atoms with E-state index in [0.29, 0.717) is 9.32 Å². The first-order chi connectivity index (χ1) is 16.5. The van der Waals surface area contributed by atoms with Crippen LogP contribution in [0.25, 0.3) is 0 Å². The number of aryl methyl sites for hydroxylation is 1. The zero-order valence-corrected chi connectivity index (χ0v) is 21.6. The van der Waals surface area contributed by atoms with Crippen molar-refractivity contribution in [2.45, 2.75) is 31.2 Å². The van der Waals surface area contributed by atoms with Gasteiger partial charge in [-0.3, -0.25) is 4.28 Å². The predicted octanol–water partition coefficient (Wildman–Crippen LogP) is 6.00. The Morgan fingerprint density at radius 3 is 2.23 bits per heavy atom. The maximum absolute atomic E-state index is 13.9. The second kappa shape index (κ2) is 11.4. The van der Waals surface area contributed by atoms with Crippen molar-refractivity contribution in [1.29, 1.82) is 0 Å². The summed E-state index contributed by atoms with van der Waals surface area (Å²) in [5.74, 6) is 0.667. The molecule has 0 amide bonds. The van der Waals surface area contributed by atoms with Gasteiger partial charge in [0.25, 0.3) is 0 Å². The van der Waals surface area contributed by atoms with Crippen molar-refractivity contribution < 1.29 is 35.3 Å². The van der Waals surface area contributed by atoms with Gasteiger partial charge in [-0.1, -0.05) is 47.1 Å². The first kappa shape index (κ1) is 27.0. The van der Waals surface area contributed by atoms with Crippen LogP contribution in [-0.2, 0) is 32.4 Å². The van der Waals surface area contributed by atoms with Gasteiger partial charge in [0.15, 0.2) is 5.71 Å². The molecule has 0 fully saturated rings. The summed E-state index contributed by atoms with van der Waals surface area (Å²) in [6.07, 6.45) is -4.99. The molecule has 35 heavy (non-hydrogen) atoms. The van der Waals surface area contributed by atoms with Gasteiger partial charge in [-0.2, -0.15) is 21.6 Å². The minimum Gasteiger partial charge on any atom is -0.497 e. The van der Waals surface area contributed by atoms with Gasteiger partial charge in [-0.15, -0.1) is 0 Å². The highest BCUT2D eigenvalue weighted by Gasteiger charge is 2.40. The van der Waals surface area contributed by atoms with Gasteiger partial charge in [-0.25, -0.2) is 0 Å². The number of alkyl halides is 3. The largest absolute Gasteiger partial charge is 0.497 e. The van der Waals surface area contributed by atoms with Gasteiger partial charge in [0.2, 0.25) is 0 Å². The second-order valence-electron chi connectivity index (χ2n) is 7.39. The van der Waals surface area contributed by atoms with E-state index in [-0.39, 0.29) is 29.2 Å². The first-order valence-electron chi connectivity index (χ1n) is 10.1. The van der Waals surface area contributed by atoms with Gasteiger partial charge in [0.05, 0.1) is 20.3 Å². The van der Waals surface area contributed by atoms with Crippen LogP contribution in [-0.4, -0.2) is 27.4 Å². The maximum atomic E-state index is 13.9. The van der Waals surface area contributed by atoms with Crippen molar-refractivity contribution in [3.05, 3.63) is 92.6 Å². The monoisotopic (exact) mass is 619 g/mol. The fraction of sp³-hybridized carbons (Fsp3) is 0.208. The minimum atomic E-state index is -4.99. The molecule has 0 saturated heterocycles. The summed E-state index contributed by atoms with van der Waals surface area (Å²) in [4.78, 5) is -0.306. The molecule has 0 aliphatic heterocycles. The topological polar surface area (TPSA) is 74.2 Å². The number of oxime groups is 1. The molecule has 0 radical (unpaired) electrons. The van der Waals surface area contributed by atoms with Crippen LogP contribution in [0.5, 0.6) is 5.75 Å². The molecule has 0 aromatic heterocycles. The molecule has 0 aliphatic rings. The third-order valence-electron chi connectivity index (χ3n) is 4.85. The van der Waals surface area contributed by atoms with E-state index in [9.17, 15) is 21.6 Å². The average Bonchev–Trinajstić information content (AvgIpc) is 2.80. The summed E-state index contributed by atoms with van der Waals surface area (Å²) in [5.41, 5.74) is -0.0286. The van der Waals surface area contributed by atoms with Gasteiger partial charge in [0, 0.05) is 14.7 Å². The third kappa shape index (κ3) is 7.18. The van der Waals surface area contributed by atoms with E-state index in [0.717, 1.165) is 11.1 Å². The fourth-order valence-corrected chi connectivity index (χ4v) is 4.39. The van der Waals surface area contributed by atoms with Crippen LogP contribution < -0.4 is 4.74 Å². The molecule has 0 aliphatic carbocycles. The van der Waals surface area contributed by atoms with Gasteiger partial charge < -0.3 is 9.47 Å². The van der Waals surface area contributed by atoms with E-state index in [2.05, 4.69) is 9.44 Å². The Labute approximate surface area is 215 Å². The Morgan fingerprint density at radius 1 is 0.971 bits per heavy atom. The van der Waals surface area contributed by atoms with Crippen LogP contribution >= 0.6 is 22.6 Å². The van der Waals surface area contributed by atoms with Gasteiger partial charge >= 0.3 is 16.3 Å². The SMILES string of the molecule is COc1ccc(COCc2c(I)cccc2C(=NOS(=O)(=O)c2ccc(C)cc2)C(F)(F)F)cc1. The molecule has 3 aromatic carbocycles. The molecule has 0 heterocycles. The normalized spacial score (nSPS) is 12.5. The van der Waals surface area contributed by atoms with Crippen LogP contribution in [0, 0.1) is 10.5 Å². The molecule has 0 unspecified atom stereocenters. The molecule has 11 heteroatoms. The Morgan fingerprint density at radius 2 is 1.63 bits per heavy atom. The molecule has 0 spiro atoms. The molecule has 186 valence electrons. The molecular weight excluding hydrogens is 598 g/mol. The Kier molecular flexibility index (Phi) is 8.78. The fourth-order valence-electron chi connectivity index (χ4n) is 3.01. The summed E-state index contributed by atoms with van der Waals surface area (Å²) < 4.78 is 82.4. The van der Waals surface area contributed by atoms with Crippen molar-refractivity contribution in [2.24, 2.45) is 5.16 Å². The van der Waals surface area contributed by atoms with Crippen molar-refractivity contribution in [2.75, 3.05) is 7.11 Å². The number of benzene rings is 3. The second-order valence-corrected chi connectivity index (χ2v) is 10.1. The molecular formula is C24H21F3INO5S. The number of ether oxygens (including phenoxy) is 2. The van der Waals surface area contributed by atoms with Gasteiger partial charge in [-0.05, 0) is 65.4 Å². The summed E-state index contributed by atoms with van der Waals surface area (Å²) in [6.45, 7) is 1.72. The van der Waals surface area contributed by atoms with Crippen molar-refractivity contribution in [3.63, 3.8) is 0 Å². The van der Waals surface area contributed by atoms with Crippen LogP contribution in [0.15, 0.2) is 76.8 Å². The van der Waals surface area contributed by atoms with Crippen molar-refractivity contribution >= 4 is 38.4 Å². The standard InChI is InChI=1S/C24H21F3INO5S/c1-16-6-12-19(13-7-16)35(30,31)34-29-23(24(25,26)27)20-4-3-5-22(28)21(20)15-33-14-17-8-10-18(32-2)11-9-17/h3-13H,14-15H2,1-2H3. The molecule has 0 atom stereocenters. The summed E-state index contributed by atoms with van der Waals surface area (Å²) in [7, 11) is -3.01. The van der Waals surface area contributed by atoms with Crippen molar-refractivity contribution in [1.82, 2.24) is 0 Å². The minimum absolute atomic E-state index is 0.144. The maximum Gasteiger partial charge on any atom is 0.437 e. The number of hydrogen-bond donors (Lipinski definition) is 0. The number of hydrogen-bond acceptors (Lipinski definition) is 6. The zero-order valence-electron chi connectivity index (χ0n) is 18.7. The summed E-state index contributed by atoms with van der Waals surface area (Å²) in [6, 6.07) is 16.8. The Hall–Kier alpha value is -2.64. The average molecular weight is 619 g/mol. The lowest BCUT2D eigenvalue weighted by atomic mass is 10.0. The van der Waals surface area contributed by atoms with Crippen molar-refractivity contribution in [3.8, 4) is 5.75 Å². The van der Waals surface area contributed by atoms with E-state index < -0.39 is 22.0 Å². The molecule has 3 rings (SSSR count). The quantitative estimate of drug-likeness (QED) is 0.167. The molecule has 3 aromatic rings.